The summed E-state index contributed by atoms with van der Waals surface area (Å²) in [6.07, 6.45) is 0. The van der Waals surface area contributed by atoms with Gasteiger partial charge in [0.25, 0.3) is 0 Å². The Morgan fingerprint density at radius 2 is 2.00 bits per heavy atom. The molecule has 0 aliphatic carbocycles. The molecule has 0 saturated carbocycles. The summed E-state index contributed by atoms with van der Waals surface area (Å²) in [5.74, 6) is -0.146. The van der Waals surface area contributed by atoms with E-state index in [-0.39, 0.29) is 17.3 Å². The fraction of sp³-hybridized carbons (Fsp3) is 0.467. The van der Waals surface area contributed by atoms with Crippen molar-refractivity contribution in [1.29, 1.82) is 0 Å². The van der Waals surface area contributed by atoms with Crippen LogP contribution in [-0.2, 0) is 4.79 Å². The Bertz CT molecular complexity index is 519. The van der Waals surface area contributed by atoms with Gasteiger partial charge in [-0.1, -0.05) is 18.2 Å². The SMILES string of the molecule is CC1(C)CN(C(=O)N(CC(=O)O)c2ccccc2)CCS1. The molecule has 0 bridgehead atoms. The number of carboxylic acid groups (broad SMARTS) is 1. The van der Waals surface area contributed by atoms with Gasteiger partial charge in [-0.3, -0.25) is 9.69 Å². The minimum Gasteiger partial charge on any atom is -0.480 e. The molecule has 5 nitrogen and oxygen atoms in total. The van der Waals surface area contributed by atoms with E-state index in [9.17, 15) is 9.59 Å². The Morgan fingerprint density at radius 3 is 2.57 bits per heavy atom. The number of carbonyl (C=O) groups is 2. The summed E-state index contributed by atoms with van der Waals surface area (Å²) in [5.41, 5.74) is 0.612. The smallest absolute Gasteiger partial charge is 0.325 e. The Hall–Kier alpha value is -1.69. The normalized spacial score (nSPS) is 17.3. The van der Waals surface area contributed by atoms with Crippen LogP contribution in [0.15, 0.2) is 30.3 Å². The fourth-order valence-corrected chi connectivity index (χ4v) is 3.47. The van der Waals surface area contributed by atoms with Crippen molar-refractivity contribution in [3.8, 4) is 0 Å². The summed E-state index contributed by atoms with van der Waals surface area (Å²) in [5, 5.41) is 9.08. The first-order valence-electron chi connectivity index (χ1n) is 6.86. The average molecular weight is 308 g/mol. The maximum atomic E-state index is 12.7. The molecule has 2 rings (SSSR count). The zero-order valence-electron chi connectivity index (χ0n) is 12.3. The Morgan fingerprint density at radius 1 is 1.33 bits per heavy atom. The van der Waals surface area contributed by atoms with Gasteiger partial charge >= 0.3 is 12.0 Å². The van der Waals surface area contributed by atoms with E-state index in [4.69, 9.17) is 5.11 Å². The van der Waals surface area contributed by atoms with E-state index in [2.05, 4.69) is 13.8 Å². The molecule has 1 aliphatic rings. The molecular formula is C15H20N2O3S. The topological polar surface area (TPSA) is 60.9 Å². The van der Waals surface area contributed by atoms with Crippen LogP contribution >= 0.6 is 11.8 Å². The molecule has 0 unspecified atom stereocenters. The lowest BCUT2D eigenvalue weighted by Gasteiger charge is -2.39. The van der Waals surface area contributed by atoms with Crippen molar-refractivity contribution in [1.82, 2.24) is 4.90 Å². The number of carbonyl (C=O) groups excluding carboxylic acids is 1. The van der Waals surface area contributed by atoms with E-state index in [1.54, 1.807) is 29.2 Å². The minimum atomic E-state index is -1.02. The Kier molecular flexibility index (Phi) is 4.77. The molecule has 0 radical (unpaired) electrons. The molecule has 1 aliphatic heterocycles. The van der Waals surface area contributed by atoms with Crippen LogP contribution < -0.4 is 4.90 Å². The van der Waals surface area contributed by atoms with E-state index in [0.29, 0.717) is 18.8 Å². The van der Waals surface area contributed by atoms with Gasteiger partial charge in [-0.25, -0.2) is 4.79 Å². The van der Waals surface area contributed by atoms with Crippen LogP contribution in [0.4, 0.5) is 10.5 Å². The maximum absolute atomic E-state index is 12.7. The molecule has 1 aromatic rings. The lowest BCUT2D eigenvalue weighted by atomic mass is 10.2. The maximum Gasteiger partial charge on any atom is 0.325 e. The van der Waals surface area contributed by atoms with Gasteiger partial charge in [0.2, 0.25) is 0 Å². The highest BCUT2D eigenvalue weighted by Crippen LogP contribution is 2.30. The molecule has 21 heavy (non-hydrogen) atoms. The molecule has 0 aromatic heterocycles. The lowest BCUT2D eigenvalue weighted by molar-refractivity contribution is -0.135. The standard InChI is InChI=1S/C15H20N2O3S/c1-15(2)11-16(8-9-21-15)14(20)17(10-13(18)19)12-6-4-3-5-7-12/h3-7H,8-11H2,1-2H3,(H,18,19). The second-order valence-corrected chi connectivity index (χ2v) is 7.43. The molecule has 1 fully saturated rings. The van der Waals surface area contributed by atoms with Crippen LogP contribution in [0, 0.1) is 0 Å². The molecule has 114 valence electrons. The van der Waals surface area contributed by atoms with Crippen LogP contribution in [0.2, 0.25) is 0 Å². The number of urea groups is 1. The second-order valence-electron chi connectivity index (χ2n) is 5.63. The van der Waals surface area contributed by atoms with Crippen LogP contribution in [0.5, 0.6) is 0 Å². The predicted molar refractivity (Wildman–Crippen MR) is 84.9 cm³/mol. The summed E-state index contributed by atoms with van der Waals surface area (Å²) in [7, 11) is 0. The van der Waals surface area contributed by atoms with E-state index in [1.807, 2.05) is 17.8 Å². The minimum absolute atomic E-state index is 0.000505. The number of amides is 2. The third kappa shape index (κ3) is 4.14. The number of aliphatic carboxylic acids is 1. The van der Waals surface area contributed by atoms with Gasteiger partial charge in [0.15, 0.2) is 0 Å². The van der Waals surface area contributed by atoms with Crippen LogP contribution in [0.1, 0.15) is 13.8 Å². The highest BCUT2D eigenvalue weighted by atomic mass is 32.2. The van der Waals surface area contributed by atoms with Crippen molar-refractivity contribution in [3.63, 3.8) is 0 Å². The van der Waals surface area contributed by atoms with Crippen molar-refractivity contribution in [2.75, 3.05) is 30.3 Å². The van der Waals surface area contributed by atoms with E-state index >= 15 is 0 Å². The Balaban J connectivity index is 2.20. The summed E-state index contributed by atoms with van der Waals surface area (Å²) in [4.78, 5) is 26.9. The zero-order valence-corrected chi connectivity index (χ0v) is 13.1. The third-order valence-corrected chi connectivity index (χ3v) is 4.59. The first-order chi connectivity index (χ1) is 9.89. The van der Waals surface area contributed by atoms with Gasteiger partial charge in [0.1, 0.15) is 6.54 Å². The molecule has 1 heterocycles. The first-order valence-corrected chi connectivity index (χ1v) is 7.85. The molecule has 1 saturated heterocycles. The number of hydrogen-bond donors (Lipinski definition) is 1. The van der Waals surface area contributed by atoms with Gasteiger partial charge in [-0.2, -0.15) is 11.8 Å². The number of carboxylic acids is 1. The second kappa shape index (κ2) is 6.39. The van der Waals surface area contributed by atoms with Crippen LogP contribution in [0.3, 0.4) is 0 Å². The molecule has 0 atom stereocenters. The van der Waals surface area contributed by atoms with Crippen LogP contribution in [-0.4, -0.2) is 52.1 Å². The molecule has 2 amide bonds. The number of para-hydroxylation sites is 1. The highest BCUT2D eigenvalue weighted by molar-refractivity contribution is 8.00. The van der Waals surface area contributed by atoms with E-state index in [1.165, 1.54) is 4.90 Å². The summed E-state index contributed by atoms with van der Waals surface area (Å²) in [6.45, 7) is 5.14. The number of benzene rings is 1. The fourth-order valence-electron chi connectivity index (χ4n) is 2.36. The molecule has 1 N–H and O–H groups in total. The number of nitrogens with zero attached hydrogens (tertiary/aromatic N) is 2. The molecule has 1 aromatic carbocycles. The van der Waals surface area contributed by atoms with Crippen molar-refractivity contribution in [2.24, 2.45) is 0 Å². The van der Waals surface area contributed by atoms with Gasteiger partial charge in [0.05, 0.1) is 0 Å². The van der Waals surface area contributed by atoms with E-state index < -0.39 is 5.97 Å². The lowest BCUT2D eigenvalue weighted by Crippen LogP contribution is -2.52. The quantitative estimate of drug-likeness (QED) is 0.932. The van der Waals surface area contributed by atoms with Crippen molar-refractivity contribution in [3.05, 3.63) is 30.3 Å². The number of anilines is 1. The molecular weight excluding hydrogens is 288 g/mol. The molecule has 0 spiro atoms. The van der Waals surface area contributed by atoms with Gasteiger partial charge in [-0.15, -0.1) is 0 Å². The van der Waals surface area contributed by atoms with E-state index in [0.717, 1.165) is 5.75 Å². The van der Waals surface area contributed by atoms with Crippen molar-refractivity contribution >= 4 is 29.4 Å². The first kappa shape index (κ1) is 15.7. The number of hydrogen-bond acceptors (Lipinski definition) is 3. The van der Waals surface area contributed by atoms with Gasteiger partial charge in [0, 0.05) is 29.3 Å². The predicted octanol–water partition coefficient (Wildman–Crippen LogP) is 2.53. The Labute approximate surface area is 128 Å². The monoisotopic (exact) mass is 308 g/mol. The summed E-state index contributed by atoms with van der Waals surface area (Å²) >= 11 is 1.83. The van der Waals surface area contributed by atoms with Crippen molar-refractivity contribution in [2.45, 2.75) is 18.6 Å². The number of rotatable bonds is 3. The number of thioether (sulfide) groups is 1. The summed E-state index contributed by atoms with van der Waals surface area (Å²) < 4.78 is -0.000505. The van der Waals surface area contributed by atoms with Crippen molar-refractivity contribution < 1.29 is 14.7 Å². The average Bonchev–Trinajstić information content (AvgIpc) is 2.44. The third-order valence-electron chi connectivity index (χ3n) is 3.29. The molecule has 6 heteroatoms. The van der Waals surface area contributed by atoms with Gasteiger partial charge in [-0.05, 0) is 26.0 Å². The largest absolute Gasteiger partial charge is 0.480 e. The van der Waals surface area contributed by atoms with Gasteiger partial charge < -0.3 is 10.0 Å². The zero-order chi connectivity index (χ0) is 15.5. The van der Waals surface area contributed by atoms with Crippen LogP contribution in [0.25, 0.3) is 0 Å². The highest BCUT2D eigenvalue weighted by Gasteiger charge is 2.33. The summed E-state index contributed by atoms with van der Waals surface area (Å²) in [6, 6.07) is 8.71.